The smallest absolute Gasteiger partial charge is 0.238 e. The summed E-state index contributed by atoms with van der Waals surface area (Å²) in [6.07, 6.45) is 5.75. The largest absolute Gasteiger partial charge is 0.324 e. The average Bonchev–Trinajstić information content (AvgIpc) is 2.33. The molecule has 0 saturated carbocycles. The van der Waals surface area contributed by atoms with Crippen molar-refractivity contribution in [2.24, 2.45) is 5.92 Å². The van der Waals surface area contributed by atoms with E-state index >= 15 is 0 Å². The van der Waals surface area contributed by atoms with E-state index in [-0.39, 0.29) is 5.91 Å². The van der Waals surface area contributed by atoms with E-state index in [4.69, 9.17) is 0 Å². The summed E-state index contributed by atoms with van der Waals surface area (Å²) in [5, 5.41) is 2.86. The Labute approximate surface area is 102 Å². The van der Waals surface area contributed by atoms with E-state index in [1.54, 1.807) is 12.4 Å². The second kappa shape index (κ2) is 5.77. The van der Waals surface area contributed by atoms with Crippen LogP contribution in [0, 0.1) is 5.92 Å². The Kier molecular flexibility index (Phi) is 4.09. The van der Waals surface area contributed by atoms with Gasteiger partial charge in [-0.2, -0.15) is 0 Å². The van der Waals surface area contributed by atoms with Crippen molar-refractivity contribution in [3.05, 3.63) is 24.5 Å². The lowest BCUT2D eigenvalue weighted by molar-refractivity contribution is -0.117. The van der Waals surface area contributed by atoms with Gasteiger partial charge in [-0.1, -0.05) is 6.92 Å². The van der Waals surface area contributed by atoms with E-state index in [1.165, 1.54) is 12.8 Å². The minimum Gasteiger partial charge on any atom is -0.324 e. The molecule has 1 aromatic heterocycles. The summed E-state index contributed by atoms with van der Waals surface area (Å²) in [7, 11) is 0. The number of pyridine rings is 1. The average molecular weight is 233 g/mol. The number of piperidine rings is 1. The number of nitrogens with zero attached hydrogens (tertiary/aromatic N) is 2. The SMILES string of the molecule is CC1CCN(CC(=O)Nc2cccnc2)CC1. The quantitative estimate of drug-likeness (QED) is 0.865. The molecular weight excluding hydrogens is 214 g/mol. The molecule has 4 nitrogen and oxygen atoms in total. The second-order valence-electron chi connectivity index (χ2n) is 4.75. The highest BCUT2D eigenvalue weighted by Crippen LogP contribution is 2.15. The van der Waals surface area contributed by atoms with Gasteiger partial charge in [0, 0.05) is 6.20 Å². The molecule has 0 bridgehead atoms. The molecule has 0 radical (unpaired) electrons. The lowest BCUT2D eigenvalue weighted by Crippen LogP contribution is -2.38. The molecule has 1 aliphatic rings. The van der Waals surface area contributed by atoms with Crippen LogP contribution < -0.4 is 5.32 Å². The molecule has 1 fully saturated rings. The van der Waals surface area contributed by atoms with Crippen LogP contribution in [0.3, 0.4) is 0 Å². The summed E-state index contributed by atoms with van der Waals surface area (Å²) in [5.74, 6) is 0.847. The number of nitrogens with one attached hydrogen (secondary N) is 1. The molecule has 2 heterocycles. The van der Waals surface area contributed by atoms with Crippen LogP contribution in [0.2, 0.25) is 0 Å². The van der Waals surface area contributed by atoms with Crippen molar-refractivity contribution in [3.8, 4) is 0 Å². The van der Waals surface area contributed by atoms with Gasteiger partial charge >= 0.3 is 0 Å². The van der Waals surface area contributed by atoms with E-state index in [1.807, 2.05) is 12.1 Å². The molecule has 0 atom stereocenters. The van der Waals surface area contributed by atoms with Crippen molar-refractivity contribution >= 4 is 11.6 Å². The zero-order valence-corrected chi connectivity index (χ0v) is 10.2. The molecule has 92 valence electrons. The maximum Gasteiger partial charge on any atom is 0.238 e. The summed E-state index contributed by atoms with van der Waals surface area (Å²) in [4.78, 5) is 18.0. The number of rotatable bonds is 3. The van der Waals surface area contributed by atoms with Crippen LogP contribution in [-0.4, -0.2) is 35.4 Å². The Bertz CT molecular complexity index is 358. The Hall–Kier alpha value is -1.42. The van der Waals surface area contributed by atoms with Crippen LogP contribution >= 0.6 is 0 Å². The van der Waals surface area contributed by atoms with Crippen LogP contribution in [0.15, 0.2) is 24.5 Å². The van der Waals surface area contributed by atoms with Gasteiger partial charge in [-0.15, -0.1) is 0 Å². The van der Waals surface area contributed by atoms with Gasteiger partial charge in [0.05, 0.1) is 18.4 Å². The number of likely N-dealkylation sites (tertiary alicyclic amines) is 1. The van der Waals surface area contributed by atoms with Crippen LogP contribution in [0.4, 0.5) is 5.69 Å². The first-order valence-electron chi connectivity index (χ1n) is 6.16. The predicted molar refractivity (Wildman–Crippen MR) is 67.7 cm³/mol. The first-order valence-corrected chi connectivity index (χ1v) is 6.16. The third kappa shape index (κ3) is 3.82. The van der Waals surface area contributed by atoms with Crippen molar-refractivity contribution in [2.75, 3.05) is 25.0 Å². The zero-order valence-electron chi connectivity index (χ0n) is 10.2. The molecule has 0 unspecified atom stereocenters. The highest BCUT2D eigenvalue weighted by molar-refractivity contribution is 5.92. The lowest BCUT2D eigenvalue weighted by atomic mass is 9.99. The number of aromatic nitrogens is 1. The third-order valence-corrected chi connectivity index (χ3v) is 3.19. The summed E-state index contributed by atoms with van der Waals surface area (Å²) in [6.45, 7) is 4.82. The minimum atomic E-state index is 0.0487. The van der Waals surface area contributed by atoms with Gasteiger partial charge in [0.15, 0.2) is 0 Å². The fourth-order valence-electron chi connectivity index (χ4n) is 2.06. The second-order valence-corrected chi connectivity index (χ2v) is 4.75. The van der Waals surface area contributed by atoms with Crippen molar-refractivity contribution in [2.45, 2.75) is 19.8 Å². The monoisotopic (exact) mass is 233 g/mol. The fourth-order valence-corrected chi connectivity index (χ4v) is 2.06. The van der Waals surface area contributed by atoms with E-state index in [0.29, 0.717) is 6.54 Å². The van der Waals surface area contributed by atoms with Gasteiger partial charge in [0.2, 0.25) is 5.91 Å². The maximum atomic E-state index is 11.8. The molecule has 2 rings (SSSR count). The Morgan fingerprint density at radius 1 is 1.53 bits per heavy atom. The number of hydrogen-bond donors (Lipinski definition) is 1. The zero-order chi connectivity index (χ0) is 12.1. The molecule has 1 saturated heterocycles. The minimum absolute atomic E-state index is 0.0487. The third-order valence-electron chi connectivity index (χ3n) is 3.19. The summed E-state index contributed by atoms with van der Waals surface area (Å²) in [5.41, 5.74) is 0.767. The van der Waals surface area contributed by atoms with Gasteiger partial charge in [-0.05, 0) is 44.0 Å². The van der Waals surface area contributed by atoms with Crippen LogP contribution in [0.5, 0.6) is 0 Å². The summed E-state index contributed by atoms with van der Waals surface area (Å²) in [6, 6.07) is 3.67. The van der Waals surface area contributed by atoms with Crippen LogP contribution in [0.25, 0.3) is 0 Å². The Morgan fingerprint density at radius 2 is 2.29 bits per heavy atom. The number of anilines is 1. The van der Waals surface area contributed by atoms with Gasteiger partial charge < -0.3 is 5.32 Å². The van der Waals surface area contributed by atoms with E-state index in [0.717, 1.165) is 24.7 Å². The number of amides is 1. The van der Waals surface area contributed by atoms with Crippen molar-refractivity contribution in [3.63, 3.8) is 0 Å². The molecule has 4 heteroatoms. The van der Waals surface area contributed by atoms with Crippen LogP contribution in [-0.2, 0) is 4.79 Å². The molecule has 0 aromatic carbocycles. The topological polar surface area (TPSA) is 45.2 Å². The van der Waals surface area contributed by atoms with Gasteiger partial charge in [0.25, 0.3) is 0 Å². The van der Waals surface area contributed by atoms with Gasteiger partial charge in [0.1, 0.15) is 0 Å². The van der Waals surface area contributed by atoms with E-state index in [2.05, 4.69) is 22.1 Å². The lowest BCUT2D eigenvalue weighted by Gasteiger charge is -2.29. The highest BCUT2D eigenvalue weighted by atomic mass is 16.2. The number of hydrogen-bond acceptors (Lipinski definition) is 3. The normalized spacial score (nSPS) is 17.9. The molecule has 0 aliphatic carbocycles. The summed E-state index contributed by atoms with van der Waals surface area (Å²) < 4.78 is 0. The molecule has 17 heavy (non-hydrogen) atoms. The van der Waals surface area contributed by atoms with Gasteiger partial charge in [-0.25, -0.2) is 0 Å². The summed E-state index contributed by atoms with van der Waals surface area (Å²) >= 11 is 0. The van der Waals surface area contributed by atoms with E-state index < -0.39 is 0 Å². The van der Waals surface area contributed by atoms with Crippen molar-refractivity contribution in [1.29, 1.82) is 0 Å². The van der Waals surface area contributed by atoms with Gasteiger partial charge in [-0.3, -0.25) is 14.7 Å². The first-order chi connectivity index (χ1) is 8.24. The van der Waals surface area contributed by atoms with Crippen LogP contribution in [0.1, 0.15) is 19.8 Å². The van der Waals surface area contributed by atoms with Crippen molar-refractivity contribution < 1.29 is 4.79 Å². The molecule has 0 spiro atoms. The number of carbonyl (C=O) groups is 1. The predicted octanol–water partition coefficient (Wildman–Crippen LogP) is 1.75. The Balaban J connectivity index is 1.78. The first kappa shape index (κ1) is 12.0. The van der Waals surface area contributed by atoms with E-state index in [9.17, 15) is 4.79 Å². The molecule has 1 N–H and O–H groups in total. The maximum absolute atomic E-state index is 11.8. The van der Waals surface area contributed by atoms with Crippen molar-refractivity contribution in [1.82, 2.24) is 9.88 Å². The number of carbonyl (C=O) groups excluding carboxylic acids is 1. The highest BCUT2D eigenvalue weighted by Gasteiger charge is 2.17. The Morgan fingerprint density at radius 3 is 2.94 bits per heavy atom. The molecule has 1 amide bonds. The fraction of sp³-hybridized carbons (Fsp3) is 0.538. The molecule has 1 aromatic rings. The standard InChI is InChI=1S/C13H19N3O/c1-11-4-7-16(8-5-11)10-13(17)15-12-3-2-6-14-9-12/h2-3,6,9,11H,4-5,7-8,10H2,1H3,(H,15,17). The molecular formula is C13H19N3O. The molecule has 1 aliphatic heterocycles.